The van der Waals surface area contributed by atoms with Gasteiger partial charge in [0.15, 0.2) is 0 Å². The summed E-state index contributed by atoms with van der Waals surface area (Å²) >= 11 is 0. The highest BCUT2D eigenvalue weighted by atomic mass is 19.1. The second-order valence-corrected chi connectivity index (χ2v) is 6.28. The average molecular weight is 303 g/mol. The number of pyridine rings is 1. The first kappa shape index (κ1) is 16.4. The van der Waals surface area contributed by atoms with Crippen molar-refractivity contribution in [3.63, 3.8) is 0 Å². The Hall–Kier alpha value is -1.94. The van der Waals surface area contributed by atoms with Gasteiger partial charge in [0.05, 0.1) is 19.4 Å². The Morgan fingerprint density at radius 1 is 1.09 bits per heavy atom. The van der Waals surface area contributed by atoms with E-state index in [4.69, 9.17) is 9.47 Å². The van der Waals surface area contributed by atoms with Crippen LogP contribution in [0.25, 0.3) is 11.1 Å². The number of hydrogen-bond acceptors (Lipinski definition) is 3. The molecule has 0 saturated heterocycles. The molecule has 2 aromatic rings. The molecule has 2 rings (SSSR count). The van der Waals surface area contributed by atoms with Gasteiger partial charge in [-0.2, -0.15) is 0 Å². The van der Waals surface area contributed by atoms with Gasteiger partial charge in [0.1, 0.15) is 5.82 Å². The van der Waals surface area contributed by atoms with Crippen molar-refractivity contribution in [1.29, 1.82) is 0 Å². The summed E-state index contributed by atoms with van der Waals surface area (Å²) in [5, 5.41) is 0. The van der Waals surface area contributed by atoms with Gasteiger partial charge in [-0.1, -0.05) is 45.0 Å². The normalized spacial score (nSPS) is 13.0. The van der Waals surface area contributed by atoms with E-state index in [2.05, 4.69) is 25.8 Å². The lowest BCUT2D eigenvalue weighted by atomic mass is 9.81. The van der Waals surface area contributed by atoms with Crippen molar-refractivity contribution in [2.75, 3.05) is 14.2 Å². The maximum Gasteiger partial charge on any atom is 0.213 e. The summed E-state index contributed by atoms with van der Waals surface area (Å²) in [6.07, 6.45) is 1.03. The maximum atomic E-state index is 14.3. The molecule has 0 aliphatic heterocycles. The molecule has 0 amide bonds. The molecule has 0 aliphatic carbocycles. The lowest BCUT2D eigenvalue weighted by Gasteiger charge is -2.31. The quantitative estimate of drug-likeness (QED) is 0.825. The van der Waals surface area contributed by atoms with Crippen LogP contribution in [-0.4, -0.2) is 19.2 Å². The van der Waals surface area contributed by atoms with Crippen molar-refractivity contribution in [2.45, 2.75) is 26.9 Å². The van der Waals surface area contributed by atoms with Crippen LogP contribution in [0, 0.1) is 11.2 Å². The molecule has 3 nitrogen and oxygen atoms in total. The number of rotatable bonds is 4. The third kappa shape index (κ3) is 3.28. The van der Waals surface area contributed by atoms with Crippen LogP contribution >= 0.6 is 0 Å². The van der Waals surface area contributed by atoms with Gasteiger partial charge in [-0.3, -0.25) is 0 Å². The summed E-state index contributed by atoms with van der Waals surface area (Å²) in [6.45, 7) is 6.30. The molecule has 118 valence electrons. The fourth-order valence-corrected chi connectivity index (χ4v) is 2.66. The number of nitrogens with zero attached hydrogens (tertiary/aromatic N) is 1. The first-order chi connectivity index (χ1) is 10.4. The Labute approximate surface area is 131 Å². The third-order valence-electron chi connectivity index (χ3n) is 3.60. The molecular weight excluding hydrogens is 281 g/mol. The summed E-state index contributed by atoms with van der Waals surface area (Å²) in [6, 6.07) is 9.31. The summed E-state index contributed by atoms with van der Waals surface area (Å²) in [5.41, 5.74) is 2.10. The fraction of sp³-hybridized carbons (Fsp3) is 0.389. The van der Waals surface area contributed by atoms with E-state index in [1.165, 1.54) is 13.3 Å². The summed E-state index contributed by atoms with van der Waals surface area (Å²) in [7, 11) is 3.19. The van der Waals surface area contributed by atoms with E-state index in [0.29, 0.717) is 11.4 Å². The zero-order valence-corrected chi connectivity index (χ0v) is 13.7. The highest BCUT2D eigenvalue weighted by Gasteiger charge is 2.28. The molecular formula is C18H22FNO2. The summed E-state index contributed by atoms with van der Waals surface area (Å²) in [4.78, 5) is 3.90. The van der Waals surface area contributed by atoms with Crippen LogP contribution in [0.15, 0.2) is 36.5 Å². The van der Waals surface area contributed by atoms with E-state index in [0.717, 1.165) is 11.1 Å². The summed E-state index contributed by atoms with van der Waals surface area (Å²) in [5.74, 6) is 0.00735. The highest BCUT2D eigenvalue weighted by molar-refractivity contribution is 5.69. The van der Waals surface area contributed by atoms with Crippen LogP contribution in [0.1, 0.15) is 32.4 Å². The fourth-order valence-electron chi connectivity index (χ4n) is 2.66. The second-order valence-electron chi connectivity index (χ2n) is 6.28. The van der Waals surface area contributed by atoms with Crippen molar-refractivity contribution in [2.24, 2.45) is 5.41 Å². The van der Waals surface area contributed by atoms with Gasteiger partial charge in [-0.25, -0.2) is 9.37 Å². The molecule has 4 heteroatoms. The number of benzene rings is 1. The van der Waals surface area contributed by atoms with Crippen LogP contribution in [0.3, 0.4) is 0 Å². The molecule has 1 aromatic heterocycles. The second kappa shape index (κ2) is 6.44. The van der Waals surface area contributed by atoms with Crippen molar-refractivity contribution in [1.82, 2.24) is 4.98 Å². The lowest BCUT2D eigenvalue weighted by Crippen LogP contribution is -2.20. The zero-order chi connectivity index (χ0) is 16.3. The van der Waals surface area contributed by atoms with Crippen molar-refractivity contribution >= 4 is 0 Å². The average Bonchev–Trinajstić information content (AvgIpc) is 2.48. The molecule has 1 heterocycles. The van der Waals surface area contributed by atoms with Crippen LogP contribution in [0.5, 0.6) is 5.88 Å². The van der Waals surface area contributed by atoms with Gasteiger partial charge in [-0.05, 0) is 16.5 Å². The molecule has 0 unspecified atom stereocenters. The molecule has 1 atom stereocenters. The number of halogens is 1. The van der Waals surface area contributed by atoms with Crippen LogP contribution in [0.2, 0.25) is 0 Å². The molecule has 22 heavy (non-hydrogen) atoms. The molecule has 0 N–H and O–H groups in total. The van der Waals surface area contributed by atoms with Gasteiger partial charge in [0, 0.05) is 18.7 Å². The van der Waals surface area contributed by atoms with Gasteiger partial charge < -0.3 is 9.47 Å². The van der Waals surface area contributed by atoms with Gasteiger partial charge in [0.2, 0.25) is 5.88 Å². The first-order valence-electron chi connectivity index (χ1n) is 7.20. The van der Waals surface area contributed by atoms with Gasteiger partial charge in [0.25, 0.3) is 0 Å². The number of aromatic nitrogens is 1. The Morgan fingerprint density at radius 2 is 1.77 bits per heavy atom. The van der Waals surface area contributed by atoms with E-state index < -0.39 is 0 Å². The van der Waals surface area contributed by atoms with Gasteiger partial charge >= 0.3 is 0 Å². The zero-order valence-electron chi connectivity index (χ0n) is 13.7. The number of ether oxygens (including phenoxy) is 2. The van der Waals surface area contributed by atoms with Crippen LogP contribution in [0.4, 0.5) is 4.39 Å². The standard InChI is InChI=1S/C18H22FNO2/c1-18(2,3)17(22-5)13-9-7-6-8-12(13)14-10-16(21-4)20-11-15(14)19/h6-11,17H,1-5H3/t17-/m1/s1. The minimum atomic E-state index is -0.378. The smallest absolute Gasteiger partial charge is 0.213 e. The van der Waals surface area contributed by atoms with Crippen LogP contribution in [-0.2, 0) is 4.74 Å². The molecule has 0 saturated carbocycles. The Kier molecular flexibility index (Phi) is 4.81. The van der Waals surface area contributed by atoms with Crippen molar-refractivity contribution < 1.29 is 13.9 Å². The monoisotopic (exact) mass is 303 g/mol. The maximum absolute atomic E-state index is 14.3. The molecule has 0 aliphatic rings. The predicted molar refractivity (Wildman–Crippen MR) is 85.4 cm³/mol. The molecule has 0 bridgehead atoms. The predicted octanol–water partition coefficient (Wildman–Crippen LogP) is 4.63. The molecule has 0 fully saturated rings. The van der Waals surface area contributed by atoms with E-state index in [9.17, 15) is 4.39 Å². The summed E-state index contributed by atoms with van der Waals surface area (Å²) < 4.78 is 25.1. The largest absolute Gasteiger partial charge is 0.481 e. The first-order valence-corrected chi connectivity index (χ1v) is 7.20. The molecule has 1 aromatic carbocycles. The highest BCUT2D eigenvalue weighted by Crippen LogP contribution is 2.41. The Bertz CT molecular complexity index is 650. The van der Waals surface area contributed by atoms with E-state index in [1.807, 2.05) is 24.3 Å². The van der Waals surface area contributed by atoms with E-state index in [-0.39, 0.29) is 17.3 Å². The number of methoxy groups -OCH3 is 2. The lowest BCUT2D eigenvalue weighted by molar-refractivity contribution is 0.0156. The molecule has 0 spiro atoms. The van der Waals surface area contributed by atoms with E-state index >= 15 is 0 Å². The van der Waals surface area contributed by atoms with Gasteiger partial charge in [-0.15, -0.1) is 0 Å². The van der Waals surface area contributed by atoms with E-state index in [1.54, 1.807) is 13.2 Å². The topological polar surface area (TPSA) is 31.4 Å². The third-order valence-corrected chi connectivity index (χ3v) is 3.60. The SMILES string of the molecule is COc1cc(-c2ccccc2[C@@H](OC)C(C)(C)C)c(F)cn1. The number of hydrogen-bond donors (Lipinski definition) is 0. The van der Waals surface area contributed by atoms with Crippen molar-refractivity contribution in [3.05, 3.63) is 47.9 Å². The minimum absolute atomic E-state index is 0.113. The Morgan fingerprint density at radius 3 is 2.36 bits per heavy atom. The van der Waals surface area contributed by atoms with Crippen molar-refractivity contribution in [3.8, 4) is 17.0 Å². The Balaban J connectivity index is 2.63. The minimum Gasteiger partial charge on any atom is -0.481 e. The van der Waals surface area contributed by atoms with Crippen LogP contribution < -0.4 is 4.74 Å². The molecule has 0 radical (unpaired) electrons.